The van der Waals surface area contributed by atoms with Gasteiger partial charge in [-0.2, -0.15) is 0 Å². The van der Waals surface area contributed by atoms with Crippen molar-refractivity contribution in [2.45, 2.75) is 92.4 Å². The SMILES string of the molecule is CC(C)C(=O)NC(C(=O)N1C[C@H]2C([C@H]1C(=O)NC(CC1CC1)C(=O)C(=O)NCc1ccccc1)C2(C)C)C(C)(C)C. The number of carbonyl (C=O) groups is 5. The van der Waals surface area contributed by atoms with E-state index >= 15 is 0 Å². The second-order valence-corrected chi connectivity index (χ2v) is 14.1. The van der Waals surface area contributed by atoms with Gasteiger partial charge in [0.05, 0.1) is 6.04 Å². The summed E-state index contributed by atoms with van der Waals surface area (Å²) in [4.78, 5) is 68.3. The third-order valence-corrected chi connectivity index (χ3v) is 9.10. The fraction of sp³-hybridized carbons (Fsp3) is 0.656. The summed E-state index contributed by atoms with van der Waals surface area (Å²) in [5.74, 6) is -2.23. The van der Waals surface area contributed by atoms with Crippen LogP contribution in [-0.2, 0) is 30.5 Å². The number of ketones is 1. The molecule has 0 aromatic heterocycles. The zero-order valence-electron chi connectivity index (χ0n) is 25.5. The maximum absolute atomic E-state index is 14.0. The lowest BCUT2D eigenvalue weighted by atomic mass is 9.84. The van der Waals surface area contributed by atoms with Gasteiger partial charge in [0.15, 0.2) is 0 Å². The molecule has 0 bridgehead atoms. The summed E-state index contributed by atoms with van der Waals surface area (Å²) in [5, 5.41) is 8.49. The molecule has 9 nitrogen and oxygen atoms in total. The predicted octanol–water partition coefficient (Wildman–Crippen LogP) is 2.83. The lowest BCUT2D eigenvalue weighted by Crippen LogP contribution is -2.60. The Kier molecular flexibility index (Phi) is 8.67. The Labute approximate surface area is 243 Å². The lowest BCUT2D eigenvalue weighted by molar-refractivity contribution is -0.147. The zero-order chi connectivity index (χ0) is 30.3. The summed E-state index contributed by atoms with van der Waals surface area (Å²) < 4.78 is 0. The number of Topliss-reactive ketones (excluding diaryl/α,β-unsaturated/α-hetero) is 1. The summed E-state index contributed by atoms with van der Waals surface area (Å²) in [6, 6.07) is 6.79. The average Bonchev–Trinajstić information content (AvgIpc) is 3.76. The number of nitrogens with zero attached hydrogens (tertiary/aromatic N) is 1. The van der Waals surface area contributed by atoms with E-state index in [1.165, 1.54) is 0 Å². The van der Waals surface area contributed by atoms with Gasteiger partial charge in [0, 0.05) is 19.0 Å². The van der Waals surface area contributed by atoms with Crippen LogP contribution in [0.25, 0.3) is 0 Å². The number of hydrogen-bond acceptors (Lipinski definition) is 5. The smallest absolute Gasteiger partial charge is 0.289 e. The van der Waals surface area contributed by atoms with Crippen LogP contribution >= 0.6 is 0 Å². The van der Waals surface area contributed by atoms with Crippen molar-refractivity contribution in [1.29, 1.82) is 0 Å². The molecule has 224 valence electrons. The molecule has 2 saturated carbocycles. The predicted molar refractivity (Wildman–Crippen MR) is 155 cm³/mol. The van der Waals surface area contributed by atoms with Crippen molar-refractivity contribution >= 4 is 29.4 Å². The number of rotatable bonds is 11. The van der Waals surface area contributed by atoms with E-state index in [0.29, 0.717) is 13.0 Å². The van der Waals surface area contributed by atoms with Gasteiger partial charge >= 0.3 is 0 Å². The molecular weight excluding hydrogens is 520 g/mol. The van der Waals surface area contributed by atoms with Gasteiger partial charge in [0.25, 0.3) is 5.91 Å². The van der Waals surface area contributed by atoms with E-state index in [-0.39, 0.29) is 47.4 Å². The van der Waals surface area contributed by atoms with Gasteiger partial charge in [-0.05, 0) is 40.6 Å². The minimum absolute atomic E-state index is 0.0588. The number of amides is 4. The van der Waals surface area contributed by atoms with Crippen molar-refractivity contribution < 1.29 is 24.0 Å². The highest BCUT2D eigenvalue weighted by molar-refractivity contribution is 6.38. The number of fused-ring (bicyclic) bond motifs is 1. The summed E-state index contributed by atoms with van der Waals surface area (Å²) in [5.41, 5.74) is 0.170. The van der Waals surface area contributed by atoms with Crippen LogP contribution in [-0.4, -0.2) is 59.0 Å². The zero-order valence-corrected chi connectivity index (χ0v) is 25.5. The van der Waals surface area contributed by atoms with Crippen LogP contribution in [0.5, 0.6) is 0 Å². The van der Waals surface area contributed by atoms with Crippen LogP contribution in [0.15, 0.2) is 30.3 Å². The highest BCUT2D eigenvalue weighted by atomic mass is 16.2. The van der Waals surface area contributed by atoms with E-state index < -0.39 is 41.1 Å². The molecule has 4 amide bonds. The molecular formula is C32H46N4O5. The molecule has 41 heavy (non-hydrogen) atoms. The molecule has 1 aliphatic heterocycles. The van der Waals surface area contributed by atoms with Crippen molar-refractivity contribution in [3.8, 4) is 0 Å². The van der Waals surface area contributed by atoms with E-state index in [0.717, 1.165) is 18.4 Å². The third kappa shape index (κ3) is 6.81. The fourth-order valence-corrected chi connectivity index (χ4v) is 6.14. The molecule has 1 saturated heterocycles. The lowest BCUT2D eigenvalue weighted by Gasteiger charge is -2.38. The number of hydrogen-bond donors (Lipinski definition) is 3. The first-order valence-corrected chi connectivity index (χ1v) is 14.9. The molecule has 9 heteroatoms. The maximum Gasteiger partial charge on any atom is 0.289 e. The van der Waals surface area contributed by atoms with Gasteiger partial charge in [0.2, 0.25) is 23.5 Å². The molecule has 5 atom stereocenters. The first kappa shape index (κ1) is 30.7. The maximum atomic E-state index is 14.0. The molecule has 1 heterocycles. The van der Waals surface area contributed by atoms with Gasteiger partial charge in [-0.25, -0.2) is 0 Å². The molecule has 3 unspecified atom stereocenters. The third-order valence-electron chi connectivity index (χ3n) is 9.10. The molecule has 0 radical (unpaired) electrons. The van der Waals surface area contributed by atoms with Crippen molar-refractivity contribution in [3.05, 3.63) is 35.9 Å². The van der Waals surface area contributed by atoms with Gasteiger partial charge in [-0.15, -0.1) is 0 Å². The van der Waals surface area contributed by atoms with E-state index in [1.807, 2.05) is 51.1 Å². The second kappa shape index (κ2) is 11.6. The van der Waals surface area contributed by atoms with Gasteiger partial charge < -0.3 is 20.9 Å². The first-order valence-electron chi connectivity index (χ1n) is 14.9. The quantitative estimate of drug-likeness (QED) is 0.356. The Hall–Kier alpha value is -3.23. The highest BCUT2D eigenvalue weighted by Gasteiger charge is 2.70. The molecule has 1 aromatic carbocycles. The first-order chi connectivity index (χ1) is 19.1. The van der Waals surface area contributed by atoms with Crippen molar-refractivity contribution in [1.82, 2.24) is 20.9 Å². The van der Waals surface area contributed by atoms with Gasteiger partial charge in [0.1, 0.15) is 12.1 Å². The Balaban J connectivity index is 1.51. The molecule has 2 aliphatic carbocycles. The molecule has 3 aliphatic rings. The summed E-state index contributed by atoms with van der Waals surface area (Å²) in [6.07, 6.45) is 2.32. The van der Waals surface area contributed by atoms with Crippen LogP contribution < -0.4 is 16.0 Å². The van der Waals surface area contributed by atoms with Crippen molar-refractivity contribution in [3.63, 3.8) is 0 Å². The Morgan fingerprint density at radius 3 is 2.20 bits per heavy atom. The van der Waals surface area contributed by atoms with E-state index in [2.05, 4.69) is 29.8 Å². The van der Waals surface area contributed by atoms with E-state index in [4.69, 9.17) is 0 Å². The van der Waals surface area contributed by atoms with Crippen molar-refractivity contribution in [2.24, 2.45) is 34.5 Å². The normalized spacial score (nSPS) is 24.2. The Morgan fingerprint density at radius 2 is 1.63 bits per heavy atom. The number of benzene rings is 1. The van der Waals surface area contributed by atoms with E-state index in [9.17, 15) is 24.0 Å². The van der Waals surface area contributed by atoms with Crippen molar-refractivity contribution in [2.75, 3.05) is 6.54 Å². The molecule has 0 spiro atoms. The van der Waals surface area contributed by atoms with Gasteiger partial charge in [-0.1, -0.05) is 91.6 Å². The second-order valence-electron chi connectivity index (χ2n) is 14.1. The minimum atomic E-state index is -0.956. The number of likely N-dealkylation sites (tertiary alicyclic amines) is 1. The number of carbonyl (C=O) groups excluding carboxylic acids is 5. The topological polar surface area (TPSA) is 125 Å². The van der Waals surface area contributed by atoms with Gasteiger partial charge in [-0.3, -0.25) is 24.0 Å². The highest BCUT2D eigenvalue weighted by Crippen LogP contribution is 2.65. The summed E-state index contributed by atoms with van der Waals surface area (Å²) in [7, 11) is 0. The average molecular weight is 567 g/mol. The van der Waals surface area contributed by atoms with Crippen LogP contribution in [0.2, 0.25) is 0 Å². The summed E-state index contributed by atoms with van der Waals surface area (Å²) >= 11 is 0. The largest absolute Gasteiger partial charge is 0.345 e. The number of piperidine rings is 1. The Morgan fingerprint density at radius 1 is 1.00 bits per heavy atom. The standard InChI is InChI=1S/C32H46N4O5/c1-18(2)27(38)35-26(31(3,4)5)30(41)36-17-21-23(32(21,6)7)24(36)28(39)34-22(15-19-13-14-19)25(37)29(40)33-16-20-11-9-8-10-12-20/h8-12,18-19,21-24,26H,13-17H2,1-7H3,(H,33,40)(H,34,39)(H,35,38)/t21-,22?,23?,24-,26?/m0/s1. The van der Waals surface area contributed by atoms with Crippen LogP contribution in [0.3, 0.4) is 0 Å². The Bertz CT molecular complexity index is 1180. The minimum Gasteiger partial charge on any atom is -0.345 e. The fourth-order valence-electron chi connectivity index (χ4n) is 6.14. The molecule has 3 fully saturated rings. The van der Waals surface area contributed by atoms with Crippen LogP contribution in [0, 0.1) is 34.5 Å². The summed E-state index contributed by atoms with van der Waals surface area (Å²) in [6.45, 7) is 14.0. The molecule has 3 N–H and O–H groups in total. The molecule has 1 aromatic rings. The number of nitrogens with one attached hydrogen (secondary N) is 3. The van der Waals surface area contributed by atoms with E-state index in [1.54, 1.807) is 18.7 Å². The van der Waals surface area contributed by atoms with Crippen LogP contribution in [0.4, 0.5) is 0 Å². The molecule has 4 rings (SSSR count). The van der Waals surface area contributed by atoms with Crippen LogP contribution in [0.1, 0.15) is 73.3 Å². The monoisotopic (exact) mass is 566 g/mol.